The van der Waals surface area contributed by atoms with Crippen molar-refractivity contribution in [2.75, 3.05) is 24.1 Å². The summed E-state index contributed by atoms with van der Waals surface area (Å²) in [6.07, 6.45) is 3.57. The summed E-state index contributed by atoms with van der Waals surface area (Å²) in [5.41, 5.74) is 6.84. The third-order valence-corrected chi connectivity index (χ3v) is 3.63. The molecule has 1 unspecified atom stereocenters. The Kier molecular flexibility index (Phi) is 7.15. The molecule has 1 rings (SSSR count). The maximum atomic E-state index is 12.6. The van der Waals surface area contributed by atoms with Gasteiger partial charge in [0.15, 0.2) is 0 Å². The highest BCUT2D eigenvalue weighted by Crippen LogP contribution is 2.23. The van der Waals surface area contributed by atoms with E-state index in [0.717, 1.165) is 0 Å². The summed E-state index contributed by atoms with van der Waals surface area (Å²) < 4.78 is 0. The average Bonchev–Trinajstić information content (AvgIpc) is 2.43. The fourth-order valence-electron chi connectivity index (χ4n) is 2.36. The van der Waals surface area contributed by atoms with Crippen LogP contribution in [-0.4, -0.2) is 29.9 Å². The highest BCUT2D eigenvalue weighted by molar-refractivity contribution is 6.33. The SMILES string of the molecule is C=CCN(CC=C)C(C(=O)Nc1ccc(Cl)c(N)c1)C(C)C. The molecular weight excluding hydrogens is 298 g/mol. The molecule has 0 spiro atoms. The number of nitrogen functional groups attached to an aromatic ring is 1. The zero-order valence-corrected chi connectivity index (χ0v) is 13.9. The van der Waals surface area contributed by atoms with E-state index in [-0.39, 0.29) is 17.9 Å². The molecule has 3 N–H and O–H groups in total. The molecule has 4 nitrogen and oxygen atoms in total. The highest BCUT2D eigenvalue weighted by atomic mass is 35.5. The Balaban J connectivity index is 2.94. The van der Waals surface area contributed by atoms with E-state index in [4.69, 9.17) is 17.3 Å². The van der Waals surface area contributed by atoms with Crippen LogP contribution in [0.2, 0.25) is 5.02 Å². The highest BCUT2D eigenvalue weighted by Gasteiger charge is 2.27. The summed E-state index contributed by atoms with van der Waals surface area (Å²) in [7, 11) is 0. The predicted molar refractivity (Wildman–Crippen MR) is 95.1 cm³/mol. The summed E-state index contributed by atoms with van der Waals surface area (Å²) in [5.74, 6) is 0.0602. The Hall–Kier alpha value is -1.78. The maximum Gasteiger partial charge on any atom is 0.242 e. The first kappa shape index (κ1) is 18.3. The molecular formula is C17H24ClN3O. The van der Waals surface area contributed by atoms with Gasteiger partial charge in [-0.25, -0.2) is 0 Å². The largest absolute Gasteiger partial charge is 0.397 e. The van der Waals surface area contributed by atoms with Crippen LogP contribution in [0.1, 0.15) is 13.8 Å². The molecule has 0 saturated carbocycles. The van der Waals surface area contributed by atoms with Gasteiger partial charge in [0, 0.05) is 18.8 Å². The van der Waals surface area contributed by atoms with Crippen molar-refractivity contribution in [3.05, 3.63) is 48.5 Å². The molecule has 5 heteroatoms. The minimum atomic E-state index is -0.284. The average molecular weight is 322 g/mol. The van der Waals surface area contributed by atoms with Crippen molar-refractivity contribution in [1.29, 1.82) is 0 Å². The van der Waals surface area contributed by atoms with Crippen LogP contribution in [0.5, 0.6) is 0 Å². The van der Waals surface area contributed by atoms with Gasteiger partial charge in [0.25, 0.3) is 0 Å². The van der Waals surface area contributed by atoms with Crippen molar-refractivity contribution in [3.63, 3.8) is 0 Å². The molecule has 0 bridgehead atoms. The molecule has 120 valence electrons. The van der Waals surface area contributed by atoms with E-state index in [9.17, 15) is 4.79 Å². The summed E-state index contributed by atoms with van der Waals surface area (Å²) in [4.78, 5) is 14.7. The number of amides is 1. The Morgan fingerprint density at radius 2 is 1.95 bits per heavy atom. The number of nitrogens with two attached hydrogens (primary N) is 1. The molecule has 1 amide bonds. The van der Waals surface area contributed by atoms with Crippen molar-refractivity contribution >= 4 is 28.9 Å². The number of rotatable bonds is 8. The van der Waals surface area contributed by atoms with Crippen LogP contribution in [0.4, 0.5) is 11.4 Å². The van der Waals surface area contributed by atoms with Crippen molar-refractivity contribution < 1.29 is 4.79 Å². The Labute approximate surface area is 137 Å². The summed E-state index contributed by atoms with van der Waals surface area (Å²) in [5, 5.41) is 3.37. The lowest BCUT2D eigenvalue weighted by molar-refractivity contribution is -0.122. The maximum absolute atomic E-state index is 12.6. The van der Waals surface area contributed by atoms with Gasteiger partial charge < -0.3 is 11.1 Å². The van der Waals surface area contributed by atoms with E-state index < -0.39 is 0 Å². The minimum absolute atomic E-state index is 0.0829. The third-order valence-electron chi connectivity index (χ3n) is 3.28. The van der Waals surface area contributed by atoms with Crippen molar-refractivity contribution in [2.45, 2.75) is 19.9 Å². The fraction of sp³-hybridized carbons (Fsp3) is 0.353. The van der Waals surface area contributed by atoms with Gasteiger partial charge >= 0.3 is 0 Å². The first-order valence-electron chi connectivity index (χ1n) is 7.22. The van der Waals surface area contributed by atoms with Gasteiger partial charge in [-0.05, 0) is 24.1 Å². The zero-order valence-electron chi connectivity index (χ0n) is 13.2. The van der Waals surface area contributed by atoms with E-state index in [1.807, 2.05) is 18.7 Å². The van der Waals surface area contributed by atoms with E-state index in [1.165, 1.54) is 0 Å². The lowest BCUT2D eigenvalue weighted by Gasteiger charge is -2.31. The molecule has 1 aromatic carbocycles. The van der Waals surface area contributed by atoms with Crippen molar-refractivity contribution in [3.8, 4) is 0 Å². The first-order chi connectivity index (χ1) is 10.4. The topological polar surface area (TPSA) is 58.4 Å². The Morgan fingerprint density at radius 1 is 1.36 bits per heavy atom. The normalized spacial score (nSPS) is 12.2. The molecule has 1 atom stereocenters. The van der Waals surface area contributed by atoms with Gasteiger partial charge in [-0.3, -0.25) is 9.69 Å². The number of hydrogen-bond donors (Lipinski definition) is 2. The smallest absolute Gasteiger partial charge is 0.242 e. The molecule has 0 aliphatic rings. The number of hydrogen-bond acceptors (Lipinski definition) is 3. The van der Waals surface area contributed by atoms with Crippen LogP contribution in [0.25, 0.3) is 0 Å². The van der Waals surface area contributed by atoms with Crippen molar-refractivity contribution in [1.82, 2.24) is 4.90 Å². The van der Waals surface area contributed by atoms with E-state index in [0.29, 0.717) is 29.5 Å². The van der Waals surface area contributed by atoms with Crippen LogP contribution >= 0.6 is 11.6 Å². The molecule has 0 saturated heterocycles. The molecule has 0 heterocycles. The number of benzene rings is 1. The Bertz CT molecular complexity index is 533. The van der Waals surface area contributed by atoms with E-state index in [1.54, 1.807) is 30.4 Å². The van der Waals surface area contributed by atoms with Gasteiger partial charge in [0.1, 0.15) is 0 Å². The lowest BCUT2D eigenvalue weighted by atomic mass is 10.0. The standard InChI is InChI=1S/C17H24ClN3O/c1-5-9-21(10-6-2)16(12(3)4)17(22)20-13-7-8-14(18)15(19)11-13/h5-8,11-12,16H,1-2,9-10,19H2,3-4H3,(H,20,22). The number of halogens is 1. The number of carbonyl (C=O) groups is 1. The molecule has 0 aliphatic carbocycles. The lowest BCUT2D eigenvalue weighted by Crippen LogP contribution is -2.47. The summed E-state index contributed by atoms with van der Waals surface area (Å²) in [6.45, 7) is 12.8. The number of nitrogens with zero attached hydrogens (tertiary/aromatic N) is 1. The van der Waals surface area contributed by atoms with Crippen LogP contribution in [-0.2, 0) is 4.79 Å². The van der Waals surface area contributed by atoms with Gasteiger partial charge in [0.05, 0.1) is 16.8 Å². The molecule has 0 fully saturated rings. The van der Waals surface area contributed by atoms with E-state index in [2.05, 4.69) is 18.5 Å². The van der Waals surface area contributed by atoms with E-state index >= 15 is 0 Å². The molecule has 22 heavy (non-hydrogen) atoms. The zero-order chi connectivity index (χ0) is 16.7. The van der Waals surface area contributed by atoms with Gasteiger partial charge in [-0.1, -0.05) is 37.6 Å². The monoisotopic (exact) mass is 321 g/mol. The second-order valence-electron chi connectivity index (χ2n) is 5.45. The van der Waals surface area contributed by atoms with Gasteiger partial charge in [-0.2, -0.15) is 0 Å². The number of carbonyl (C=O) groups excluding carboxylic acids is 1. The predicted octanol–water partition coefficient (Wildman–Crippen LogP) is 3.56. The van der Waals surface area contributed by atoms with Crippen molar-refractivity contribution in [2.24, 2.45) is 5.92 Å². The summed E-state index contributed by atoms with van der Waals surface area (Å²) in [6, 6.07) is 4.78. The molecule has 1 aromatic rings. The van der Waals surface area contributed by atoms with Crippen LogP contribution in [0.15, 0.2) is 43.5 Å². The minimum Gasteiger partial charge on any atom is -0.397 e. The second kappa shape index (κ2) is 8.61. The molecule has 0 aromatic heterocycles. The quantitative estimate of drug-likeness (QED) is 0.568. The Morgan fingerprint density at radius 3 is 2.41 bits per heavy atom. The molecule has 0 aliphatic heterocycles. The van der Waals surface area contributed by atoms with Crippen LogP contribution in [0.3, 0.4) is 0 Å². The summed E-state index contributed by atoms with van der Waals surface area (Å²) >= 11 is 5.90. The number of anilines is 2. The third kappa shape index (κ3) is 4.90. The van der Waals surface area contributed by atoms with Crippen LogP contribution < -0.4 is 11.1 Å². The number of nitrogens with one attached hydrogen (secondary N) is 1. The van der Waals surface area contributed by atoms with Gasteiger partial charge in [0.2, 0.25) is 5.91 Å². The fourth-order valence-corrected chi connectivity index (χ4v) is 2.48. The molecule has 0 radical (unpaired) electrons. The van der Waals surface area contributed by atoms with Crippen LogP contribution in [0, 0.1) is 5.92 Å². The first-order valence-corrected chi connectivity index (χ1v) is 7.60. The second-order valence-corrected chi connectivity index (χ2v) is 5.85. The van der Waals surface area contributed by atoms with Gasteiger partial charge in [-0.15, -0.1) is 13.2 Å².